The molecule has 0 saturated carbocycles. The van der Waals surface area contributed by atoms with Crippen LogP contribution in [0.5, 0.6) is 0 Å². The van der Waals surface area contributed by atoms with Crippen molar-refractivity contribution >= 4 is 11.0 Å². The van der Waals surface area contributed by atoms with Crippen LogP contribution >= 0.6 is 0 Å². The number of halogens is 6. The fraction of sp³-hybridized carbons (Fsp3) is 0.417. The van der Waals surface area contributed by atoms with Crippen LogP contribution in [0.4, 0.5) is 26.3 Å². The van der Waals surface area contributed by atoms with Gasteiger partial charge in [0, 0.05) is 0 Å². The molecule has 0 amide bonds. The van der Waals surface area contributed by atoms with Crippen molar-refractivity contribution in [1.29, 1.82) is 0 Å². The molecule has 0 atom stereocenters. The number of hydrogen-bond donors (Lipinski definition) is 1. The highest BCUT2D eigenvalue weighted by Gasteiger charge is 2.59. The van der Waals surface area contributed by atoms with Crippen LogP contribution in [0.2, 0.25) is 0 Å². The number of aromatic nitrogens is 2. The van der Waals surface area contributed by atoms with Crippen molar-refractivity contribution in [3.05, 3.63) is 29.6 Å². The minimum Gasteiger partial charge on any atom is -0.341 e. The maximum absolute atomic E-state index is 12.6. The van der Waals surface area contributed by atoms with Crippen molar-refractivity contribution in [2.45, 2.75) is 31.6 Å². The summed E-state index contributed by atoms with van der Waals surface area (Å²) in [5.74, 6) is -4.74. The lowest BCUT2D eigenvalue weighted by Crippen LogP contribution is -2.34. The van der Waals surface area contributed by atoms with Crippen LogP contribution in [0.3, 0.4) is 0 Å². The van der Waals surface area contributed by atoms with Gasteiger partial charge in [0.15, 0.2) is 0 Å². The van der Waals surface area contributed by atoms with Gasteiger partial charge in [-0.05, 0) is 24.1 Å². The molecule has 0 fully saturated rings. The molecule has 2 rings (SSSR count). The summed E-state index contributed by atoms with van der Waals surface area (Å²) in [6.45, 7) is 1.83. The SMILES string of the molecule is CCc1ccc2nc(C(C(F)(F)F)C(F)(F)F)[nH]c2c1. The zero-order chi connectivity index (χ0) is 15.1. The third kappa shape index (κ3) is 2.73. The van der Waals surface area contributed by atoms with Crippen LogP contribution in [-0.4, -0.2) is 22.3 Å². The molecule has 20 heavy (non-hydrogen) atoms. The first-order valence-electron chi connectivity index (χ1n) is 5.75. The van der Waals surface area contributed by atoms with Crippen LogP contribution in [-0.2, 0) is 6.42 Å². The molecule has 0 bridgehead atoms. The number of aromatic amines is 1. The van der Waals surface area contributed by atoms with Crippen LogP contribution in [0.25, 0.3) is 11.0 Å². The number of alkyl halides is 6. The van der Waals surface area contributed by atoms with Gasteiger partial charge in [-0.2, -0.15) is 26.3 Å². The fourth-order valence-electron chi connectivity index (χ4n) is 1.93. The number of H-pyrrole nitrogens is 1. The zero-order valence-corrected chi connectivity index (χ0v) is 10.2. The third-order valence-electron chi connectivity index (χ3n) is 2.90. The summed E-state index contributed by atoms with van der Waals surface area (Å²) >= 11 is 0. The number of rotatable bonds is 2. The number of hydrogen-bond acceptors (Lipinski definition) is 1. The fourth-order valence-corrected chi connectivity index (χ4v) is 1.93. The van der Waals surface area contributed by atoms with E-state index in [9.17, 15) is 26.3 Å². The maximum atomic E-state index is 12.6. The van der Waals surface area contributed by atoms with Crippen molar-refractivity contribution in [3.63, 3.8) is 0 Å². The van der Waals surface area contributed by atoms with Gasteiger partial charge >= 0.3 is 12.4 Å². The van der Waals surface area contributed by atoms with Crippen molar-refractivity contribution < 1.29 is 26.3 Å². The van der Waals surface area contributed by atoms with Gasteiger partial charge in [0.1, 0.15) is 5.82 Å². The first-order valence-corrected chi connectivity index (χ1v) is 5.75. The van der Waals surface area contributed by atoms with Gasteiger partial charge in [0.25, 0.3) is 0 Å². The monoisotopic (exact) mass is 296 g/mol. The molecule has 110 valence electrons. The van der Waals surface area contributed by atoms with Crippen LogP contribution in [0.1, 0.15) is 24.2 Å². The maximum Gasteiger partial charge on any atom is 0.407 e. The second-order valence-electron chi connectivity index (χ2n) is 4.34. The molecule has 2 aromatic rings. The lowest BCUT2D eigenvalue weighted by Gasteiger charge is -2.20. The van der Waals surface area contributed by atoms with Crippen LogP contribution < -0.4 is 0 Å². The van der Waals surface area contributed by atoms with Crippen molar-refractivity contribution in [3.8, 4) is 0 Å². The van der Waals surface area contributed by atoms with E-state index in [1.54, 1.807) is 6.07 Å². The molecular weight excluding hydrogens is 286 g/mol. The number of fused-ring (bicyclic) bond motifs is 1. The molecule has 0 aliphatic heterocycles. The Morgan fingerprint density at radius 3 is 2.20 bits per heavy atom. The van der Waals surface area contributed by atoms with Crippen molar-refractivity contribution in [2.24, 2.45) is 0 Å². The Labute approximate surface area is 109 Å². The molecular formula is C12H10F6N2. The Morgan fingerprint density at radius 2 is 1.70 bits per heavy atom. The van der Waals surface area contributed by atoms with Gasteiger partial charge in [0.2, 0.25) is 5.92 Å². The van der Waals surface area contributed by atoms with E-state index in [4.69, 9.17) is 0 Å². The standard InChI is InChI=1S/C12H10F6N2/c1-2-6-3-4-7-8(5-6)20-10(19-7)9(11(13,14)15)12(16,17)18/h3-5,9H,2H2,1H3,(H,19,20). The molecule has 0 saturated heterocycles. The van der Waals surface area contributed by atoms with Crippen molar-refractivity contribution in [1.82, 2.24) is 9.97 Å². The minimum atomic E-state index is -5.44. The molecule has 0 unspecified atom stereocenters. The molecule has 0 aliphatic carbocycles. The Balaban J connectivity index is 2.55. The second kappa shape index (κ2) is 4.68. The first-order chi connectivity index (χ1) is 9.13. The number of nitrogens with one attached hydrogen (secondary N) is 1. The number of benzene rings is 1. The quantitative estimate of drug-likeness (QED) is 0.821. The minimum absolute atomic E-state index is 0.0794. The number of imidazole rings is 1. The highest BCUT2D eigenvalue weighted by molar-refractivity contribution is 5.76. The van der Waals surface area contributed by atoms with E-state index in [0.717, 1.165) is 5.56 Å². The van der Waals surface area contributed by atoms with Gasteiger partial charge in [-0.1, -0.05) is 13.0 Å². The van der Waals surface area contributed by atoms with Gasteiger partial charge < -0.3 is 4.98 Å². The van der Waals surface area contributed by atoms with Gasteiger partial charge in [-0.3, -0.25) is 0 Å². The average molecular weight is 296 g/mol. The Morgan fingerprint density at radius 1 is 1.10 bits per heavy atom. The normalized spacial score (nSPS) is 13.4. The Kier molecular flexibility index (Phi) is 3.43. The smallest absolute Gasteiger partial charge is 0.341 e. The summed E-state index contributed by atoms with van der Waals surface area (Å²) in [4.78, 5) is 5.56. The third-order valence-corrected chi connectivity index (χ3v) is 2.90. The van der Waals surface area contributed by atoms with E-state index in [1.165, 1.54) is 12.1 Å². The molecule has 0 spiro atoms. The van der Waals surface area contributed by atoms with E-state index in [0.29, 0.717) is 6.42 Å². The highest BCUT2D eigenvalue weighted by Crippen LogP contribution is 2.45. The molecule has 8 heteroatoms. The summed E-state index contributed by atoms with van der Waals surface area (Å²) in [6.07, 6.45) is -10.3. The lowest BCUT2D eigenvalue weighted by molar-refractivity contribution is -0.255. The molecule has 2 nitrogen and oxygen atoms in total. The predicted octanol–water partition coefficient (Wildman–Crippen LogP) is 4.33. The van der Waals surface area contributed by atoms with Gasteiger partial charge in [-0.15, -0.1) is 0 Å². The van der Waals surface area contributed by atoms with Crippen LogP contribution in [0.15, 0.2) is 18.2 Å². The van der Waals surface area contributed by atoms with E-state index >= 15 is 0 Å². The summed E-state index contributed by atoms with van der Waals surface area (Å²) in [5, 5.41) is 0. The number of nitrogens with zero attached hydrogens (tertiary/aromatic N) is 1. The topological polar surface area (TPSA) is 28.7 Å². The van der Waals surface area contributed by atoms with E-state index in [2.05, 4.69) is 9.97 Å². The summed E-state index contributed by atoms with van der Waals surface area (Å²) < 4.78 is 75.6. The summed E-state index contributed by atoms with van der Waals surface area (Å²) in [5.41, 5.74) is 1.04. The molecule has 1 aromatic heterocycles. The zero-order valence-electron chi connectivity index (χ0n) is 10.2. The van der Waals surface area contributed by atoms with Gasteiger partial charge in [0.05, 0.1) is 11.0 Å². The van der Waals surface area contributed by atoms with E-state index in [1.807, 2.05) is 6.92 Å². The first kappa shape index (κ1) is 14.7. The van der Waals surface area contributed by atoms with E-state index in [-0.39, 0.29) is 11.0 Å². The molecule has 1 aromatic carbocycles. The molecule has 1 heterocycles. The molecule has 1 N–H and O–H groups in total. The average Bonchev–Trinajstić information content (AvgIpc) is 2.65. The predicted molar refractivity (Wildman–Crippen MR) is 60.3 cm³/mol. The Hall–Kier alpha value is -1.73. The molecule has 0 radical (unpaired) electrons. The Bertz CT molecular complexity index is 596. The highest BCUT2D eigenvalue weighted by atomic mass is 19.4. The molecule has 0 aliphatic rings. The van der Waals surface area contributed by atoms with E-state index < -0.39 is 24.1 Å². The summed E-state index contributed by atoms with van der Waals surface area (Å²) in [6, 6.07) is 4.51. The largest absolute Gasteiger partial charge is 0.407 e. The number of aryl methyl sites for hydroxylation is 1. The lowest BCUT2D eigenvalue weighted by atomic mass is 10.1. The van der Waals surface area contributed by atoms with Gasteiger partial charge in [-0.25, -0.2) is 4.98 Å². The van der Waals surface area contributed by atoms with Crippen LogP contribution in [0, 0.1) is 0 Å². The second-order valence-corrected chi connectivity index (χ2v) is 4.34. The summed E-state index contributed by atoms with van der Waals surface area (Å²) in [7, 11) is 0. The van der Waals surface area contributed by atoms with Crippen molar-refractivity contribution in [2.75, 3.05) is 0 Å².